The maximum absolute atomic E-state index is 12.3. The lowest BCUT2D eigenvalue weighted by Crippen LogP contribution is -2.04. The van der Waals surface area contributed by atoms with E-state index < -0.39 is 0 Å². The molecule has 2 aromatic rings. The maximum atomic E-state index is 12.3. The number of methoxy groups -OCH3 is 1. The highest BCUT2D eigenvalue weighted by Crippen LogP contribution is 2.29. The molecule has 0 saturated heterocycles. The largest absolute Gasteiger partial charge is 0.496 e. The third-order valence-electron chi connectivity index (χ3n) is 5.69. The van der Waals surface area contributed by atoms with Gasteiger partial charge in [-0.15, -0.1) is 0 Å². The van der Waals surface area contributed by atoms with Crippen molar-refractivity contribution in [2.45, 2.75) is 106 Å². The molecule has 0 amide bonds. The Labute approximate surface area is 221 Å². The molecular formula is C33H50O3. The normalized spacial score (nSPS) is 10.2. The first kappa shape index (κ1) is 33.3. The molecule has 0 N–H and O–H groups in total. The predicted molar refractivity (Wildman–Crippen MR) is 156 cm³/mol. The minimum atomic E-state index is 0.132. The van der Waals surface area contributed by atoms with Crippen LogP contribution in [0.5, 0.6) is 5.75 Å². The van der Waals surface area contributed by atoms with Crippen molar-refractivity contribution in [2.24, 2.45) is 0 Å². The van der Waals surface area contributed by atoms with Gasteiger partial charge in [0.1, 0.15) is 11.5 Å². The number of ether oxygens (including phenoxy) is 1. The second kappa shape index (κ2) is 20.5. The molecule has 3 heteroatoms. The van der Waals surface area contributed by atoms with Crippen LogP contribution in [0.4, 0.5) is 0 Å². The van der Waals surface area contributed by atoms with Gasteiger partial charge in [0.2, 0.25) is 0 Å². The summed E-state index contributed by atoms with van der Waals surface area (Å²) in [7, 11) is 1.71. The molecule has 2 rings (SSSR count). The number of hydrogen-bond donors (Lipinski definition) is 0. The molecule has 0 aromatic heterocycles. The standard InChI is InChI=1S/C28H38O2.C3H6O.C2H6/c1-5-6-7-8-11-15-27-26(25(23(3)29)20-21-28(27)30-4)14-12-9-10-13-24-18-16-22(2)17-19-24;1-3(2)4;1-2/h11,15-21H,5-10,12-14H2,1-4H3;1-2H3;1-2H3/b15-11-;;. The van der Waals surface area contributed by atoms with Crippen LogP contribution in [-0.4, -0.2) is 18.7 Å². The Bertz CT molecular complexity index is 903. The van der Waals surface area contributed by atoms with Crippen LogP contribution in [0.25, 0.3) is 6.08 Å². The van der Waals surface area contributed by atoms with Crippen LogP contribution in [0, 0.1) is 6.92 Å². The zero-order valence-electron chi connectivity index (χ0n) is 24.2. The second-order valence-corrected chi connectivity index (χ2v) is 9.12. The Morgan fingerprint density at radius 3 is 2.00 bits per heavy atom. The maximum Gasteiger partial charge on any atom is 0.160 e. The van der Waals surface area contributed by atoms with Gasteiger partial charge in [-0.1, -0.05) is 82.0 Å². The minimum Gasteiger partial charge on any atom is -0.496 e. The highest BCUT2D eigenvalue weighted by molar-refractivity contribution is 5.97. The summed E-state index contributed by atoms with van der Waals surface area (Å²) in [6.45, 7) is 13.1. The number of benzene rings is 2. The van der Waals surface area contributed by atoms with Crippen LogP contribution in [0.1, 0.15) is 119 Å². The second-order valence-electron chi connectivity index (χ2n) is 9.12. The number of rotatable bonds is 13. The average Bonchev–Trinajstić information content (AvgIpc) is 2.85. The van der Waals surface area contributed by atoms with Gasteiger partial charge in [0.15, 0.2) is 5.78 Å². The van der Waals surface area contributed by atoms with E-state index >= 15 is 0 Å². The first-order valence-corrected chi connectivity index (χ1v) is 13.7. The third kappa shape index (κ3) is 14.0. The number of hydrogen-bond acceptors (Lipinski definition) is 3. The van der Waals surface area contributed by atoms with Gasteiger partial charge in [0.05, 0.1) is 7.11 Å². The number of unbranched alkanes of at least 4 members (excludes halogenated alkanes) is 5. The molecular weight excluding hydrogens is 444 g/mol. The summed E-state index contributed by atoms with van der Waals surface area (Å²) in [4.78, 5) is 21.7. The number of carbonyl (C=O) groups excluding carboxylic acids is 2. The lowest BCUT2D eigenvalue weighted by atomic mass is 9.92. The lowest BCUT2D eigenvalue weighted by Gasteiger charge is -2.15. The van der Waals surface area contributed by atoms with E-state index in [0.29, 0.717) is 0 Å². The molecule has 0 radical (unpaired) electrons. The zero-order valence-corrected chi connectivity index (χ0v) is 24.2. The van der Waals surface area contributed by atoms with Gasteiger partial charge in [0.25, 0.3) is 0 Å². The summed E-state index contributed by atoms with van der Waals surface area (Å²) in [6, 6.07) is 12.7. The Balaban J connectivity index is 0.00000185. The third-order valence-corrected chi connectivity index (χ3v) is 5.69. The van der Waals surface area contributed by atoms with Crippen molar-refractivity contribution in [3.8, 4) is 5.75 Å². The zero-order chi connectivity index (χ0) is 27.3. The smallest absolute Gasteiger partial charge is 0.160 e. The van der Waals surface area contributed by atoms with E-state index in [0.717, 1.165) is 54.5 Å². The van der Waals surface area contributed by atoms with Gasteiger partial charge in [-0.05, 0) is 89.5 Å². The van der Waals surface area contributed by atoms with Gasteiger partial charge in [0, 0.05) is 11.1 Å². The van der Waals surface area contributed by atoms with Crippen molar-refractivity contribution in [1.29, 1.82) is 0 Å². The molecule has 0 spiro atoms. The quantitative estimate of drug-likeness (QED) is 0.206. The van der Waals surface area contributed by atoms with Crippen LogP contribution < -0.4 is 4.74 Å². The van der Waals surface area contributed by atoms with Crippen molar-refractivity contribution in [3.63, 3.8) is 0 Å². The van der Waals surface area contributed by atoms with E-state index in [9.17, 15) is 9.59 Å². The van der Waals surface area contributed by atoms with Crippen LogP contribution in [0.2, 0.25) is 0 Å². The molecule has 0 heterocycles. The van der Waals surface area contributed by atoms with Crippen LogP contribution in [0.3, 0.4) is 0 Å². The number of Topliss-reactive ketones (excluding diaryl/α,β-unsaturated/α-hetero) is 2. The Kier molecular flexibility index (Phi) is 19.0. The fraction of sp³-hybridized carbons (Fsp3) is 0.515. The molecule has 0 atom stereocenters. The number of allylic oxidation sites excluding steroid dienone is 1. The lowest BCUT2D eigenvalue weighted by molar-refractivity contribution is -0.115. The van der Waals surface area contributed by atoms with Gasteiger partial charge >= 0.3 is 0 Å². The first-order valence-electron chi connectivity index (χ1n) is 13.7. The van der Waals surface area contributed by atoms with E-state index in [-0.39, 0.29) is 11.6 Å². The molecule has 0 aliphatic rings. The van der Waals surface area contributed by atoms with Crippen LogP contribution >= 0.6 is 0 Å². The highest BCUT2D eigenvalue weighted by Gasteiger charge is 2.14. The summed E-state index contributed by atoms with van der Waals surface area (Å²) < 4.78 is 5.63. The fourth-order valence-corrected chi connectivity index (χ4v) is 3.88. The van der Waals surface area contributed by atoms with Crippen molar-refractivity contribution in [3.05, 3.63) is 70.3 Å². The van der Waals surface area contributed by atoms with Crippen LogP contribution in [0.15, 0.2) is 42.5 Å². The summed E-state index contributed by atoms with van der Waals surface area (Å²) in [5.41, 5.74) is 5.78. The van der Waals surface area contributed by atoms with Gasteiger partial charge in [-0.3, -0.25) is 4.79 Å². The highest BCUT2D eigenvalue weighted by atomic mass is 16.5. The monoisotopic (exact) mass is 494 g/mol. The van der Waals surface area contributed by atoms with E-state index in [1.54, 1.807) is 14.0 Å². The summed E-state index contributed by atoms with van der Waals surface area (Å²) in [5.74, 6) is 1.16. The SMILES string of the molecule is CC.CC(C)=O.CCCCC/C=C\c1c(OC)ccc(C(C)=O)c1CCCCCc1ccc(C)cc1. The van der Waals surface area contributed by atoms with Crippen molar-refractivity contribution in [2.75, 3.05) is 7.11 Å². The minimum absolute atomic E-state index is 0.132. The first-order chi connectivity index (χ1) is 17.3. The molecule has 2 aromatic carbocycles. The average molecular weight is 495 g/mol. The van der Waals surface area contributed by atoms with Crippen molar-refractivity contribution >= 4 is 17.6 Å². The Morgan fingerprint density at radius 1 is 0.833 bits per heavy atom. The number of ketones is 2. The van der Waals surface area contributed by atoms with E-state index in [4.69, 9.17) is 4.74 Å². The molecule has 0 fully saturated rings. The van der Waals surface area contributed by atoms with E-state index in [2.05, 4.69) is 50.3 Å². The van der Waals surface area contributed by atoms with Crippen LogP contribution in [-0.2, 0) is 17.6 Å². The van der Waals surface area contributed by atoms with Gasteiger partial charge in [-0.25, -0.2) is 0 Å². The summed E-state index contributed by atoms with van der Waals surface area (Å²) >= 11 is 0. The van der Waals surface area contributed by atoms with Crippen molar-refractivity contribution < 1.29 is 14.3 Å². The van der Waals surface area contributed by atoms with Crippen molar-refractivity contribution in [1.82, 2.24) is 0 Å². The molecule has 0 unspecified atom stereocenters. The number of aryl methyl sites for hydroxylation is 2. The molecule has 3 nitrogen and oxygen atoms in total. The topological polar surface area (TPSA) is 43.4 Å². The van der Waals surface area contributed by atoms with Gasteiger partial charge in [-0.2, -0.15) is 0 Å². The Morgan fingerprint density at radius 2 is 1.44 bits per heavy atom. The molecule has 0 aliphatic carbocycles. The number of carbonyl (C=O) groups is 2. The molecule has 0 bridgehead atoms. The summed E-state index contributed by atoms with van der Waals surface area (Å²) in [6.07, 6.45) is 14.6. The van der Waals surface area contributed by atoms with E-state index in [1.807, 2.05) is 26.0 Å². The van der Waals surface area contributed by atoms with E-state index in [1.165, 1.54) is 50.7 Å². The predicted octanol–water partition coefficient (Wildman–Crippen LogP) is 9.38. The fourth-order valence-electron chi connectivity index (χ4n) is 3.88. The molecule has 200 valence electrons. The molecule has 0 saturated carbocycles. The molecule has 36 heavy (non-hydrogen) atoms. The van der Waals surface area contributed by atoms with Gasteiger partial charge < -0.3 is 9.53 Å². The Hall–Kier alpha value is -2.68. The summed E-state index contributed by atoms with van der Waals surface area (Å²) in [5, 5.41) is 0. The molecule has 0 aliphatic heterocycles.